The van der Waals surface area contributed by atoms with E-state index in [0.717, 1.165) is 32.9 Å². The third-order valence-corrected chi connectivity index (χ3v) is 6.16. The van der Waals surface area contributed by atoms with Crippen LogP contribution < -0.4 is 5.43 Å². The van der Waals surface area contributed by atoms with E-state index in [4.69, 9.17) is 11.6 Å². The molecule has 0 saturated carbocycles. The van der Waals surface area contributed by atoms with Crippen LogP contribution in [-0.4, -0.2) is 22.4 Å². The first kappa shape index (κ1) is 21.7. The van der Waals surface area contributed by atoms with E-state index in [-0.39, 0.29) is 5.91 Å². The average Bonchev–Trinajstić information content (AvgIpc) is 2.96. The van der Waals surface area contributed by atoms with E-state index in [0.29, 0.717) is 10.8 Å². The molecule has 1 aromatic heterocycles. The van der Waals surface area contributed by atoms with Crippen LogP contribution in [0, 0.1) is 13.8 Å². The van der Waals surface area contributed by atoms with Crippen LogP contribution in [0.2, 0.25) is 5.02 Å². The smallest absolute Gasteiger partial charge is 0.250 e. The Morgan fingerprint density at radius 1 is 1.21 bits per heavy atom. The lowest BCUT2D eigenvalue weighted by atomic mass is 10.2. The summed E-state index contributed by atoms with van der Waals surface area (Å²) >= 11 is 11.3. The number of benzene rings is 2. The Balaban J connectivity index is 1.57. The number of aryl methyl sites for hydroxylation is 1. The van der Waals surface area contributed by atoms with Crippen molar-refractivity contribution in [1.29, 1.82) is 0 Å². The number of hydrogen-bond donors (Lipinski definition) is 1. The van der Waals surface area contributed by atoms with Crippen LogP contribution in [0.15, 0.2) is 64.2 Å². The first-order valence-corrected chi connectivity index (χ1v) is 11.4. The summed E-state index contributed by atoms with van der Waals surface area (Å²) < 4.78 is 3.12. The van der Waals surface area contributed by atoms with Crippen molar-refractivity contribution in [2.24, 2.45) is 5.10 Å². The maximum absolute atomic E-state index is 12.0. The number of hydrazone groups is 1. The highest BCUT2D eigenvalue weighted by molar-refractivity contribution is 9.10. The fraction of sp³-hybridized carbons (Fsp3) is 0.182. The number of carbonyl (C=O) groups excluding carboxylic acids is 1. The van der Waals surface area contributed by atoms with Gasteiger partial charge in [0.15, 0.2) is 0 Å². The minimum Gasteiger partial charge on any atom is -0.316 e. The van der Waals surface area contributed by atoms with Gasteiger partial charge in [0, 0.05) is 27.2 Å². The van der Waals surface area contributed by atoms with Gasteiger partial charge in [0.05, 0.1) is 22.7 Å². The Hall–Kier alpha value is -2.02. The van der Waals surface area contributed by atoms with Gasteiger partial charge in [-0.05, 0) is 49.7 Å². The lowest BCUT2D eigenvalue weighted by molar-refractivity contribution is -0.118. The molecule has 0 saturated heterocycles. The first-order chi connectivity index (χ1) is 14.0. The Kier molecular flexibility index (Phi) is 7.58. The minimum atomic E-state index is -0.124. The summed E-state index contributed by atoms with van der Waals surface area (Å²) in [4.78, 5) is 12.0. The molecule has 1 N–H and O–H groups in total. The number of thioether (sulfide) groups is 1. The molecule has 7 heteroatoms. The summed E-state index contributed by atoms with van der Waals surface area (Å²) in [5.41, 5.74) is 7.70. The molecule has 0 atom stereocenters. The average molecular weight is 491 g/mol. The predicted octanol–water partition coefficient (Wildman–Crippen LogP) is 5.89. The molecule has 0 fully saturated rings. The topological polar surface area (TPSA) is 46.4 Å². The zero-order valence-electron chi connectivity index (χ0n) is 16.2. The van der Waals surface area contributed by atoms with Crippen molar-refractivity contribution >= 4 is 51.4 Å². The van der Waals surface area contributed by atoms with E-state index in [1.807, 2.05) is 62.4 Å². The summed E-state index contributed by atoms with van der Waals surface area (Å²) in [5.74, 6) is 0.999. The van der Waals surface area contributed by atoms with E-state index in [1.54, 1.807) is 18.0 Å². The number of nitrogens with zero attached hydrogens (tertiary/aromatic N) is 2. The van der Waals surface area contributed by atoms with Gasteiger partial charge in [-0.25, -0.2) is 5.43 Å². The molecule has 0 unspecified atom stereocenters. The number of para-hydroxylation sites is 1. The zero-order chi connectivity index (χ0) is 20.8. The van der Waals surface area contributed by atoms with Crippen molar-refractivity contribution in [3.05, 3.63) is 86.6 Å². The maximum atomic E-state index is 12.0. The van der Waals surface area contributed by atoms with Gasteiger partial charge in [-0.15, -0.1) is 11.8 Å². The molecule has 0 bridgehead atoms. The molecule has 3 rings (SSSR count). The predicted molar refractivity (Wildman–Crippen MR) is 126 cm³/mol. The molecule has 1 amide bonds. The van der Waals surface area contributed by atoms with E-state index in [1.165, 1.54) is 5.56 Å². The minimum absolute atomic E-state index is 0.124. The highest BCUT2D eigenvalue weighted by Crippen LogP contribution is 2.25. The van der Waals surface area contributed by atoms with Crippen LogP contribution in [0.3, 0.4) is 0 Å². The molecule has 0 aliphatic rings. The molecule has 3 aromatic rings. The third kappa shape index (κ3) is 5.75. The highest BCUT2D eigenvalue weighted by atomic mass is 79.9. The van der Waals surface area contributed by atoms with Crippen LogP contribution in [0.1, 0.15) is 22.5 Å². The number of rotatable bonds is 7. The Morgan fingerprint density at radius 2 is 2.00 bits per heavy atom. The number of carbonyl (C=O) groups is 1. The summed E-state index contributed by atoms with van der Waals surface area (Å²) in [5, 5.41) is 4.81. The van der Waals surface area contributed by atoms with Crippen LogP contribution in [0.4, 0.5) is 0 Å². The van der Waals surface area contributed by atoms with E-state index >= 15 is 0 Å². The van der Waals surface area contributed by atoms with Crippen molar-refractivity contribution < 1.29 is 4.79 Å². The van der Waals surface area contributed by atoms with Gasteiger partial charge in [-0.2, -0.15) is 5.10 Å². The van der Waals surface area contributed by atoms with E-state index in [2.05, 4.69) is 37.1 Å². The van der Waals surface area contributed by atoms with Gasteiger partial charge in [-0.3, -0.25) is 4.79 Å². The second-order valence-electron chi connectivity index (χ2n) is 6.53. The molecule has 0 spiro atoms. The molecule has 0 radical (unpaired) electrons. The van der Waals surface area contributed by atoms with Gasteiger partial charge >= 0.3 is 0 Å². The highest BCUT2D eigenvalue weighted by Gasteiger charge is 2.11. The maximum Gasteiger partial charge on any atom is 0.250 e. The summed E-state index contributed by atoms with van der Waals surface area (Å²) in [6, 6.07) is 17.8. The molecule has 2 aromatic carbocycles. The monoisotopic (exact) mass is 489 g/mol. The van der Waals surface area contributed by atoms with Crippen molar-refractivity contribution in [3.8, 4) is 5.69 Å². The van der Waals surface area contributed by atoms with Crippen LogP contribution in [-0.2, 0) is 10.5 Å². The van der Waals surface area contributed by atoms with Gasteiger partial charge in [0.25, 0.3) is 0 Å². The third-order valence-electron chi connectivity index (χ3n) is 4.35. The summed E-state index contributed by atoms with van der Waals surface area (Å²) in [6.45, 7) is 4.03. The van der Waals surface area contributed by atoms with Crippen LogP contribution >= 0.6 is 39.3 Å². The summed E-state index contributed by atoms with van der Waals surface area (Å²) in [7, 11) is 0. The normalized spacial score (nSPS) is 11.2. The quantitative estimate of drug-likeness (QED) is 0.331. The zero-order valence-corrected chi connectivity index (χ0v) is 19.3. The Bertz CT molecular complexity index is 1050. The number of amides is 1. The lowest BCUT2D eigenvalue weighted by Gasteiger charge is -2.11. The van der Waals surface area contributed by atoms with E-state index < -0.39 is 0 Å². The number of hydrogen-bond acceptors (Lipinski definition) is 3. The SMILES string of the molecule is Cc1cc(/C=N/NC(=O)CSCc2cccc(Br)c2)c(C)n1-c1ccccc1Cl. The van der Waals surface area contributed by atoms with Gasteiger partial charge < -0.3 is 4.57 Å². The molecule has 4 nitrogen and oxygen atoms in total. The molecule has 1 heterocycles. The largest absolute Gasteiger partial charge is 0.316 e. The van der Waals surface area contributed by atoms with Crippen molar-refractivity contribution in [2.75, 3.05) is 5.75 Å². The van der Waals surface area contributed by atoms with Gasteiger partial charge in [0.2, 0.25) is 5.91 Å². The standard InChI is InChI=1S/C22H21BrClN3OS/c1-15-10-18(16(2)27(15)21-9-4-3-8-20(21)24)12-25-26-22(28)14-29-13-17-6-5-7-19(23)11-17/h3-12H,13-14H2,1-2H3,(H,26,28)/b25-12+. The molecular formula is C22H21BrClN3OS. The Labute approximate surface area is 188 Å². The molecule has 150 valence electrons. The molecule has 29 heavy (non-hydrogen) atoms. The summed E-state index contributed by atoms with van der Waals surface area (Å²) in [6.07, 6.45) is 1.67. The number of aromatic nitrogens is 1. The number of halogens is 2. The van der Waals surface area contributed by atoms with Crippen molar-refractivity contribution in [2.45, 2.75) is 19.6 Å². The van der Waals surface area contributed by atoms with E-state index in [9.17, 15) is 4.79 Å². The Morgan fingerprint density at radius 3 is 2.76 bits per heavy atom. The van der Waals surface area contributed by atoms with Gasteiger partial charge in [0.1, 0.15) is 0 Å². The van der Waals surface area contributed by atoms with Gasteiger partial charge in [-0.1, -0.05) is 51.8 Å². The molecule has 0 aliphatic heterocycles. The van der Waals surface area contributed by atoms with Crippen LogP contribution in [0.5, 0.6) is 0 Å². The fourth-order valence-electron chi connectivity index (χ4n) is 3.02. The molecule has 0 aliphatic carbocycles. The number of nitrogens with one attached hydrogen (secondary N) is 1. The second kappa shape index (κ2) is 10.1. The second-order valence-corrected chi connectivity index (χ2v) is 8.84. The van der Waals surface area contributed by atoms with Crippen molar-refractivity contribution in [1.82, 2.24) is 9.99 Å². The lowest BCUT2D eigenvalue weighted by Crippen LogP contribution is -2.19. The van der Waals surface area contributed by atoms with Crippen molar-refractivity contribution in [3.63, 3.8) is 0 Å². The molecular weight excluding hydrogens is 470 g/mol. The fourth-order valence-corrected chi connectivity index (χ4v) is 4.45. The van der Waals surface area contributed by atoms with Crippen LogP contribution in [0.25, 0.3) is 5.69 Å². The first-order valence-electron chi connectivity index (χ1n) is 9.03.